The Labute approximate surface area is 100 Å². The minimum absolute atomic E-state index is 0.0928. The average molecular weight is 233 g/mol. The quantitative estimate of drug-likeness (QED) is 0.873. The maximum absolute atomic E-state index is 13.1. The van der Waals surface area contributed by atoms with E-state index in [-0.39, 0.29) is 11.9 Å². The molecule has 1 N–H and O–H groups in total. The second-order valence-corrected chi connectivity index (χ2v) is 4.18. The van der Waals surface area contributed by atoms with E-state index in [0.29, 0.717) is 6.54 Å². The van der Waals surface area contributed by atoms with E-state index in [2.05, 4.69) is 5.32 Å². The average Bonchev–Trinajstić information content (AvgIpc) is 2.72. The Morgan fingerprint density at radius 2 is 2.18 bits per heavy atom. The van der Waals surface area contributed by atoms with Crippen molar-refractivity contribution in [3.05, 3.63) is 59.3 Å². The molecule has 1 aromatic heterocycles. The fraction of sp³-hybridized carbons (Fsp3) is 0.286. The van der Waals surface area contributed by atoms with Gasteiger partial charge in [0.05, 0.1) is 12.8 Å². The SMILES string of the molecule is Cc1ccoc1CNC(C)c1cccc(F)c1. The molecular weight excluding hydrogens is 217 g/mol. The monoisotopic (exact) mass is 233 g/mol. The van der Waals surface area contributed by atoms with Gasteiger partial charge in [-0.1, -0.05) is 12.1 Å². The van der Waals surface area contributed by atoms with Gasteiger partial charge in [-0.25, -0.2) is 4.39 Å². The first kappa shape index (κ1) is 11.9. The van der Waals surface area contributed by atoms with Gasteiger partial charge < -0.3 is 9.73 Å². The maximum atomic E-state index is 13.1. The molecule has 0 spiro atoms. The number of hydrogen-bond acceptors (Lipinski definition) is 2. The lowest BCUT2D eigenvalue weighted by Crippen LogP contribution is -2.18. The van der Waals surface area contributed by atoms with Crippen molar-refractivity contribution in [2.24, 2.45) is 0 Å². The van der Waals surface area contributed by atoms with E-state index in [1.807, 2.05) is 26.0 Å². The van der Waals surface area contributed by atoms with Crippen molar-refractivity contribution < 1.29 is 8.81 Å². The predicted molar refractivity (Wildman–Crippen MR) is 65.1 cm³/mol. The lowest BCUT2D eigenvalue weighted by Gasteiger charge is -2.13. The lowest BCUT2D eigenvalue weighted by molar-refractivity contribution is 0.457. The van der Waals surface area contributed by atoms with Crippen LogP contribution in [0.1, 0.15) is 29.9 Å². The second-order valence-electron chi connectivity index (χ2n) is 4.18. The van der Waals surface area contributed by atoms with Crippen molar-refractivity contribution in [3.63, 3.8) is 0 Å². The highest BCUT2D eigenvalue weighted by molar-refractivity contribution is 5.20. The van der Waals surface area contributed by atoms with Crippen LogP contribution in [0.2, 0.25) is 0 Å². The normalized spacial score (nSPS) is 12.6. The summed E-state index contributed by atoms with van der Waals surface area (Å²) < 4.78 is 18.4. The minimum Gasteiger partial charge on any atom is -0.468 e. The van der Waals surface area contributed by atoms with E-state index in [0.717, 1.165) is 16.9 Å². The fourth-order valence-corrected chi connectivity index (χ4v) is 1.72. The Hall–Kier alpha value is -1.61. The summed E-state index contributed by atoms with van der Waals surface area (Å²) in [4.78, 5) is 0. The third-order valence-electron chi connectivity index (χ3n) is 2.89. The van der Waals surface area contributed by atoms with E-state index in [1.54, 1.807) is 18.4 Å². The first-order valence-electron chi connectivity index (χ1n) is 5.68. The predicted octanol–water partition coefficient (Wildman–Crippen LogP) is 3.58. The Morgan fingerprint density at radius 3 is 2.82 bits per heavy atom. The molecule has 90 valence electrons. The molecular formula is C14H16FNO. The summed E-state index contributed by atoms with van der Waals surface area (Å²) in [5.41, 5.74) is 2.07. The molecule has 0 saturated carbocycles. The zero-order valence-corrected chi connectivity index (χ0v) is 10.0. The standard InChI is InChI=1S/C14H16FNO/c1-10-6-7-17-14(10)9-16-11(2)12-4-3-5-13(15)8-12/h3-8,11,16H,9H2,1-2H3. The lowest BCUT2D eigenvalue weighted by atomic mass is 10.1. The van der Waals surface area contributed by atoms with Crippen molar-refractivity contribution in [3.8, 4) is 0 Å². The first-order valence-corrected chi connectivity index (χ1v) is 5.68. The molecule has 1 atom stereocenters. The number of furan rings is 1. The van der Waals surface area contributed by atoms with Crippen molar-refractivity contribution in [1.29, 1.82) is 0 Å². The van der Waals surface area contributed by atoms with Gasteiger partial charge in [-0.3, -0.25) is 0 Å². The summed E-state index contributed by atoms with van der Waals surface area (Å²) in [5.74, 6) is 0.721. The van der Waals surface area contributed by atoms with Gasteiger partial charge in [-0.05, 0) is 43.2 Å². The molecule has 0 aliphatic carbocycles. The second kappa shape index (κ2) is 5.15. The molecule has 2 aromatic rings. The Morgan fingerprint density at radius 1 is 1.35 bits per heavy atom. The van der Waals surface area contributed by atoms with E-state index in [1.165, 1.54) is 6.07 Å². The number of aryl methyl sites for hydroxylation is 1. The number of halogens is 1. The van der Waals surface area contributed by atoms with Crippen molar-refractivity contribution in [1.82, 2.24) is 5.32 Å². The molecule has 3 heteroatoms. The van der Waals surface area contributed by atoms with Crippen LogP contribution in [0.4, 0.5) is 4.39 Å². The summed E-state index contributed by atoms with van der Waals surface area (Å²) in [5, 5.41) is 3.31. The van der Waals surface area contributed by atoms with Crippen LogP contribution in [0, 0.1) is 12.7 Å². The van der Waals surface area contributed by atoms with Crippen LogP contribution in [0.5, 0.6) is 0 Å². The van der Waals surface area contributed by atoms with Crippen molar-refractivity contribution in [2.75, 3.05) is 0 Å². The first-order chi connectivity index (χ1) is 8.16. The highest BCUT2D eigenvalue weighted by atomic mass is 19.1. The Bertz CT molecular complexity index is 492. The van der Waals surface area contributed by atoms with Gasteiger partial charge >= 0.3 is 0 Å². The molecule has 2 nitrogen and oxygen atoms in total. The van der Waals surface area contributed by atoms with Gasteiger partial charge in [-0.2, -0.15) is 0 Å². The molecule has 0 radical (unpaired) electrons. The molecule has 1 aromatic carbocycles. The van der Waals surface area contributed by atoms with Gasteiger partial charge in [0.1, 0.15) is 11.6 Å². The highest BCUT2D eigenvalue weighted by Gasteiger charge is 2.07. The van der Waals surface area contributed by atoms with Gasteiger partial charge in [0.25, 0.3) is 0 Å². The molecule has 0 bridgehead atoms. The van der Waals surface area contributed by atoms with Crippen LogP contribution < -0.4 is 5.32 Å². The highest BCUT2D eigenvalue weighted by Crippen LogP contribution is 2.15. The van der Waals surface area contributed by atoms with Gasteiger partial charge in [0, 0.05) is 6.04 Å². The summed E-state index contributed by atoms with van der Waals surface area (Å²) in [7, 11) is 0. The molecule has 0 aliphatic rings. The van der Waals surface area contributed by atoms with Crippen LogP contribution in [0.15, 0.2) is 41.0 Å². The van der Waals surface area contributed by atoms with E-state index >= 15 is 0 Å². The third kappa shape index (κ3) is 2.94. The van der Waals surface area contributed by atoms with Crippen LogP contribution in [0.3, 0.4) is 0 Å². The Balaban J connectivity index is 1.98. The summed E-state index contributed by atoms with van der Waals surface area (Å²) >= 11 is 0. The van der Waals surface area contributed by atoms with Crippen LogP contribution >= 0.6 is 0 Å². The Kier molecular flexibility index (Phi) is 3.59. The summed E-state index contributed by atoms with van der Waals surface area (Å²) in [6.45, 7) is 4.66. The van der Waals surface area contributed by atoms with Crippen molar-refractivity contribution >= 4 is 0 Å². The molecule has 1 heterocycles. The van der Waals surface area contributed by atoms with Crippen LogP contribution in [-0.2, 0) is 6.54 Å². The fourth-order valence-electron chi connectivity index (χ4n) is 1.72. The van der Waals surface area contributed by atoms with E-state index < -0.39 is 0 Å². The number of nitrogens with one attached hydrogen (secondary N) is 1. The van der Waals surface area contributed by atoms with Crippen LogP contribution in [-0.4, -0.2) is 0 Å². The van der Waals surface area contributed by atoms with Crippen molar-refractivity contribution in [2.45, 2.75) is 26.4 Å². The molecule has 17 heavy (non-hydrogen) atoms. The van der Waals surface area contributed by atoms with Gasteiger partial charge in [0.15, 0.2) is 0 Å². The summed E-state index contributed by atoms with van der Waals surface area (Å²) in [6.07, 6.45) is 1.68. The zero-order valence-electron chi connectivity index (χ0n) is 10.0. The maximum Gasteiger partial charge on any atom is 0.123 e. The largest absolute Gasteiger partial charge is 0.468 e. The molecule has 0 amide bonds. The van der Waals surface area contributed by atoms with Gasteiger partial charge in [0.2, 0.25) is 0 Å². The minimum atomic E-state index is -0.203. The molecule has 2 rings (SSSR count). The number of hydrogen-bond donors (Lipinski definition) is 1. The van der Waals surface area contributed by atoms with Crippen LogP contribution in [0.25, 0.3) is 0 Å². The molecule has 0 aliphatic heterocycles. The van der Waals surface area contributed by atoms with Gasteiger partial charge in [-0.15, -0.1) is 0 Å². The molecule has 0 saturated heterocycles. The number of benzene rings is 1. The molecule has 1 unspecified atom stereocenters. The third-order valence-corrected chi connectivity index (χ3v) is 2.89. The molecule has 0 fully saturated rings. The van der Waals surface area contributed by atoms with E-state index in [9.17, 15) is 4.39 Å². The zero-order chi connectivity index (χ0) is 12.3. The smallest absolute Gasteiger partial charge is 0.123 e. The summed E-state index contributed by atoms with van der Waals surface area (Å²) in [6, 6.07) is 8.66. The van der Waals surface area contributed by atoms with E-state index in [4.69, 9.17) is 4.42 Å². The topological polar surface area (TPSA) is 25.2 Å². The number of rotatable bonds is 4.